The van der Waals surface area contributed by atoms with E-state index in [0.29, 0.717) is 13.2 Å². The van der Waals surface area contributed by atoms with Gasteiger partial charge in [-0.25, -0.2) is 0 Å². The zero-order valence-corrected chi connectivity index (χ0v) is 21.2. The Morgan fingerprint density at radius 2 is 2.10 bits per heavy atom. The number of aliphatic imine (C=N–C) groups is 1. The number of rotatable bonds is 6. The van der Waals surface area contributed by atoms with Crippen molar-refractivity contribution in [1.82, 2.24) is 24.9 Å². The molecule has 1 aromatic carbocycles. The van der Waals surface area contributed by atoms with Crippen molar-refractivity contribution >= 4 is 41.5 Å². The van der Waals surface area contributed by atoms with Crippen molar-refractivity contribution in [2.75, 3.05) is 46.9 Å². The number of halogens is 2. The summed E-state index contributed by atoms with van der Waals surface area (Å²) < 4.78 is 7.79. The number of guanidine groups is 1. The van der Waals surface area contributed by atoms with E-state index in [0.717, 1.165) is 36.2 Å². The molecule has 2 heterocycles. The van der Waals surface area contributed by atoms with Crippen LogP contribution in [0.3, 0.4) is 0 Å². The van der Waals surface area contributed by atoms with Crippen molar-refractivity contribution in [3.05, 3.63) is 52.8 Å². The summed E-state index contributed by atoms with van der Waals surface area (Å²) in [7, 11) is 6.08. The van der Waals surface area contributed by atoms with Gasteiger partial charge in [-0.3, -0.25) is 9.67 Å². The van der Waals surface area contributed by atoms with Gasteiger partial charge in [0.2, 0.25) is 0 Å². The van der Waals surface area contributed by atoms with E-state index in [-0.39, 0.29) is 36.1 Å². The van der Waals surface area contributed by atoms with Gasteiger partial charge in [0.25, 0.3) is 0 Å². The molecule has 0 bridgehead atoms. The van der Waals surface area contributed by atoms with Crippen LogP contribution in [-0.4, -0.2) is 72.4 Å². The molecule has 1 fully saturated rings. The predicted molar refractivity (Wildman–Crippen MR) is 133 cm³/mol. The zero-order chi connectivity index (χ0) is 20.8. The number of aromatic nitrogens is 2. The van der Waals surface area contributed by atoms with Crippen LogP contribution < -0.4 is 5.32 Å². The summed E-state index contributed by atoms with van der Waals surface area (Å²) in [5.74, 6) is 0.922. The van der Waals surface area contributed by atoms with Gasteiger partial charge in [0.1, 0.15) is 6.10 Å². The molecule has 1 aromatic heterocycles. The molecule has 0 radical (unpaired) electrons. The normalized spacial score (nSPS) is 18.3. The van der Waals surface area contributed by atoms with Crippen LogP contribution >= 0.6 is 35.6 Å². The van der Waals surface area contributed by atoms with Crippen molar-refractivity contribution in [3.8, 4) is 0 Å². The lowest BCUT2D eigenvalue weighted by molar-refractivity contribution is -0.00807. The van der Waals surface area contributed by atoms with Crippen LogP contribution in [0.4, 0.5) is 0 Å². The molecule has 2 atom stereocenters. The van der Waals surface area contributed by atoms with Gasteiger partial charge in [0.05, 0.1) is 31.9 Å². The van der Waals surface area contributed by atoms with Crippen molar-refractivity contribution < 1.29 is 4.74 Å². The van der Waals surface area contributed by atoms with Gasteiger partial charge in [-0.15, -0.1) is 24.0 Å². The molecular weight excluding hydrogens is 515 g/mol. The Morgan fingerprint density at radius 1 is 1.37 bits per heavy atom. The first kappa shape index (κ1) is 24.9. The Kier molecular flexibility index (Phi) is 9.86. The Bertz CT molecular complexity index is 810. The highest BCUT2D eigenvalue weighted by Crippen LogP contribution is 2.23. The summed E-state index contributed by atoms with van der Waals surface area (Å²) >= 11 is 6.06. The molecule has 2 unspecified atom stereocenters. The Balaban J connectivity index is 0.00000320. The van der Waals surface area contributed by atoms with E-state index in [2.05, 4.69) is 53.4 Å². The van der Waals surface area contributed by atoms with Crippen molar-refractivity contribution in [2.45, 2.75) is 19.1 Å². The third kappa shape index (κ3) is 6.57. The van der Waals surface area contributed by atoms with Crippen LogP contribution in [0.5, 0.6) is 0 Å². The van der Waals surface area contributed by atoms with Crippen LogP contribution in [0, 0.1) is 0 Å². The monoisotopic (exact) mass is 546 g/mol. The highest BCUT2D eigenvalue weighted by atomic mass is 127. The van der Waals surface area contributed by atoms with Gasteiger partial charge in [-0.05, 0) is 38.7 Å². The van der Waals surface area contributed by atoms with Gasteiger partial charge in [-0.1, -0.05) is 23.7 Å². The molecule has 3 rings (SSSR count). The smallest absolute Gasteiger partial charge is 0.194 e. The number of aryl methyl sites for hydroxylation is 1. The van der Waals surface area contributed by atoms with Crippen molar-refractivity contribution in [3.63, 3.8) is 0 Å². The van der Waals surface area contributed by atoms with Crippen LogP contribution in [0.1, 0.15) is 30.2 Å². The molecule has 1 aliphatic heterocycles. The Hall–Kier alpha value is -1.36. The molecule has 1 N–H and O–H groups in total. The predicted octanol–water partition coefficient (Wildman–Crippen LogP) is 3.33. The number of likely N-dealkylation sites (N-methyl/N-ethyl adjacent to an activating group) is 1. The summed E-state index contributed by atoms with van der Waals surface area (Å²) in [4.78, 5) is 9.44. The summed E-state index contributed by atoms with van der Waals surface area (Å²) in [5.41, 5.74) is 2.30. The second-order valence-corrected chi connectivity index (χ2v) is 7.91. The first-order valence-electron chi connectivity index (χ1n) is 10.0. The van der Waals surface area contributed by atoms with E-state index in [1.54, 1.807) is 0 Å². The standard InChI is InChI=1S/C21H31ClN6O.HI/c1-5-23-21(24-13-19(26(2)3)16-6-8-18(22)9-7-16)28-10-11-29-20(15-28)17-12-25-27(4)14-17;/h6-9,12,14,19-20H,5,10-11,13,15H2,1-4H3,(H,23,24);1H. The maximum Gasteiger partial charge on any atom is 0.194 e. The van der Waals surface area contributed by atoms with Crippen LogP contribution in [0.15, 0.2) is 41.7 Å². The molecule has 1 aliphatic rings. The van der Waals surface area contributed by atoms with Crippen molar-refractivity contribution in [2.24, 2.45) is 12.0 Å². The average Bonchev–Trinajstić information content (AvgIpc) is 3.15. The second kappa shape index (κ2) is 11.9. The number of benzene rings is 1. The van der Waals surface area contributed by atoms with Gasteiger partial charge in [0.15, 0.2) is 5.96 Å². The Labute approximate surface area is 201 Å². The fourth-order valence-electron chi connectivity index (χ4n) is 3.50. The molecule has 9 heteroatoms. The molecule has 0 aliphatic carbocycles. The first-order chi connectivity index (χ1) is 14.0. The molecule has 0 spiro atoms. The minimum atomic E-state index is 0. The minimum absolute atomic E-state index is 0. The third-order valence-electron chi connectivity index (χ3n) is 5.09. The quantitative estimate of drug-likeness (QED) is 0.342. The highest BCUT2D eigenvalue weighted by Gasteiger charge is 2.25. The SMILES string of the molecule is CCNC(=NCC(c1ccc(Cl)cc1)N(C)C)N1CCOC(c2cnn(C)c2)C1.I. The molecule has 0 saturated carbocycles. The van der Waals surface area contributed by atoms with E-state index in [1.807, 2.05) is 36.3 Å². The fraction of sp³-hybridized carbons (Fsp3) is 0.524. The van der Waals surface area contributed by atoms with Gasteiger partial charge in [-0.2, -0.15) is 5.10 Å². The summed E-state index contributed by atoms with van der Waals surface area (Å²) in [5, 5.41) is 8.47. The van der Waals surface area contributed by atoms with Crippen molar-refractivity contribution in [1.29, 1.82) is 0 Å². The van der Waals surface area contributed by atoms with E-state index in [4.69, 9.17) is 21.3 Å². The molecule has 166 valence electrons. The molecule has 2 aromatic rings. The maximum absolute atomic E-state index is 6.06. The largest absolute Gasteiger partial charge is 0.370 e. The van der Waals surface area contributed by atoms with Gasteiger partial charge in [0, 0.05) is 36.9 Å². The van der Waals surface area contributed by atoms with E-state index in [9.17, 15) is 0 Å². The lowest BCUT2D eigenvalue weighted by atomic mass is 10.1. The van der Waals surface area contributed by atoms with Gasteiger partial charge < -0.3 is 19.9 Å². The lowest BCUT2D eigenvalue weighted by Gasteiger charge is -2.35. The van der Waals surface area contributed by atoms with E-state index < -0.39 is 0 Å². The molecule has 7 nitrogen and oxygen atoms in total. The zero-order valence-electron chi connectivity index (χ0n) is 18.1. The number of hydrogen-bond donors (Lipinski definition) is 1. The number of nitrogens with zero attached hydrogens (tertiary/aromatic N) is 5. The van der Waals surface area contributed by atoms with Crippen LogP contribution in [-0.2, 0) is 11.8 Å². The Morgan fingerprint density at radius 3 is 2.70 bits per heavy atom. The number of morpholine rings is 1. The number of ether oxygens (including phenoxy) is 1. The average molecular weight is 547 g/mol. The molecule has 0 amide bonds. The first-order valence-corrected chi connectivity index (χ1v) is 10.4. The lowest BCUT2D eigenvalue weighted by Crippen LogP contribution is -2.48. The molecule has 30 heavy (non-hydrogen) atoms. The maximum atomic E-state index is 6.06. The molecule has 1 saturated heterocycles. The van der Waals surface area contributed by atoms with E-state index >= 15 is 0 Å². The summed E-state index contributed by atoms with van der Waals surface area (Å²) in [6.07, 6.45) is 3.89. The molecular formula is C21H32ClIN6O. The van der Waals surface area contributed by atoms with Gasteiger partial charge >= 0.3 is 0 Å². The third-order valence-corrected chi connectivity index (χ3v) is 5.34. The second-order valence-electron chi connectivity index (χ2n) is 7.48. The number of hydrogen-bond acceptors (Lipinski definition) is 4. The van der Waals surface area contributed by atoms with Crippen LogP contribution in [0.25, 0.3) is 0 Å². The minimum Gasteiger partial charge on any atom is -0.370 e. The topological polar surface area (TPSA) is 57.9 Å². The highest BCUT2D eigenvalue weighted by molar-refractivity contribution is 14.0. The van der Waals surface area contributed by atoms with E-state index in [1.165, 1.54) is 5.56 Å². The summed E-state index contributed by atoms with van der Waals surface area (Å²) in [6, 6.07) is 8.19. The number of nitrogens with one attached hydrogen (secondary N) is 1. The van der Waals surface area contributed by atoms with Crippen LogP contribution in [0.2, 0.25) is 5.02 Å². The fourth-order valence-corrected chi connectivity index (χ4v) is 3.63. The summed E-state index contributed by atoms with van der Waals surface area (Å²) in [6.45, 7) is 5.81.